The lowest BCUT2D eigenvalue weighted by atomic mass is 9.88. The number of anilines is 2. The normalized spacial score (nSPS) is 14.5. The largest absolute Gasteiger partial charge is 0.491 e. The van der Waals surface area contributed by atoms with Crippen LogP contribution in [0.15, 0.2) is 113 Å². The van der Waals surface area contributed by atoms with Gasteiger partial charge in [0.2, 0.25) is 0 Å². The minimum absolute atomic E-state index is 0.0114. The molecule has 4 aromatic rings. The van der Waals surface area contributed by atoms with E-state index in [2.05, 4.69) is 65.2 Å². The molecule has 7 nitrogen and oxygen atoms in total. The average molecular weight is 667 g/mol. The van der Waals surface area contributed by atoms with Crippen LogP contribution < -0.4 is 15.4 Å². The van der Waals surface area contributed by atoms with Gasteiger partial charge in [0, 0.05) is 60.3 Å². The van der Waals surface area contributed by atoms with Crippen molar-refractivity contribution >= 4 is 40.3 Å². The summed E-state index contributed by atoms with van der Waals surface area (Å²) >= 11 is 6.44. The number of rotatable bonds is 14. The summed E-state index contributed by atoms with van der Waals surface area (Å²) in [5.74, 6) is 1.17. The monoisotopic (exact) mass is 666 g/mol. The number of likely N-dealkylation sites (N-methyl/N-ethyl adjacent to an activating group) is 1. The Kier molecular flexibility index (Phi) is 11.5. The third-order valence-electron chi connectivity index (χ3n) is 8.28. The minimum atomic E-state index is 0.0114. The molecular weight excluding hydrogens is 623 g/mol. The Bertz CT molecular complexity index is 1900. The molecule has 1 atom stereocenters. The second kappa shape index (κ2) is 16.0. The Morgan fingerprint density at radius 1 is 1.17 bits per heavy atom. The maximum atomic E-state index is 14.7. The standard InChI is InChI=1S/C39H44ClFN6O/c1-26-11-9-14-34(41)37(26)28(3)25-43-31-13-10-12-30(23-31)39-38(35-15-7-8-20-47(35)45-39)27(2)18-19-42-29(4)44-32-16-17-36(33(40)24-32)48-22-21-46(5)6/h7-8,10-13,15-20,23-24,28,43-44H,4,9,14,21-22,25H2,1-3,5-6H3/b27-18+,42-19-. The molecule has 0 aliphatic heterocycles. The number of nitrogens with zero attached hydrogens (tertiary/aromatic N) is 4. The van der Waals surface area contributed by atoms with Crippen LogP contribution in [0.5, 0.6) is 5.75 Å². The summed E-state index contributed by atoms with van der Waals surface area (Å²) in [6.45, 7) is 12.2. The summed E-state index contributed by atoms with van der Waals surface area (Å²) in [5, 5.41) is 12.2. The molecule has 1 aliphatic carbocycles. The van der Waals surface area contributed by atoms with Gasteiger partial charge in [-0.2, -0.15) is 5.10 Å². The zero-order chi connectivity index (χ0) is 34.2. The van der Waals surface area contributed by atoms with Gasteiger partial charge in [0.25, 0.3) is 0 Å². The van der Waals surface area contributed by atoms with E-state index in [4.69, 9.17) is 21.4 Å². The number of allylic oxidation sites excluding steroid dienone is 5. The van der Waals surface area contributed by atoms with Gasteiger partial charge in [0.1, 0.15) is 29.7 Å². The number of hydrogen-bond acceptors (Lipinski definition) is 6. The number of fused-ring (bicyclic) bond motifs is 1. The van der Waals surface area contributed by atoms with Crippen LogP contribution in [-0.2, 0) is 0 Å². The molecule has 5 rings (SSSR count). The van der Waals surface area contributed by atoms with Gasteiger partial charge in [-0.25, -0.2) is 13.9 Å². The Morgan fingerprint density at radius 3 is 2.77 bits per heavy atom. The number of ether oxygens (including phenoxy) is 1. The molecule has 48 heavy (non-hydrogen) atoms. The van der Waals surface area contributed by atoms with Crippen molar-refractivity contribution < 1.29 is 9.13 Å². The smallest absolute Gasteiger partial charge is 0.138 e. The fraction of sp³-hybridized carbons (Fsp3) is 0.282. The van der Waals surface area contributed by atoms with Gasteiger partial charge < -0.3 is 20.3 Å². The second-order valence-corrected chi connectivity index (χ2v) is 12.8. The van der Waals surface area contributed by atoms with Crippen LogP contribution in [0.3, 0.4) is 0 Å². The van der Waals surface area contributed by atoms with Crippen molar-refractivity contribution in [3.8, 4) is 17.0 Å². The van der Waals surface area contributed by atoms with Gasteiger partial charge >= 0.3 is 0 Å². The molecule has 2 aromatic carbocycles. The summed E-state index contributed by atoms with van der Waals surface area (Å²) in [6.07, 6.45) is 9.03. The summed E-state index contributed by atoms with van der Waals surface area (Å²) in [5.41, 5.74) is 8.44. The highest BCUT2D eigenvalue weighted by Crippen LogP contribution is 2.34. The number of benzene rings is 2. The third-order valence-corrected chi connectivity index (χ3v) is 8.57. The van der Waals surface area contributed by atoms with Crippen molar-refractivity contribution in [3.05, 3.63) is 119 Å². The first-order valence-corrected chi connectivity index (χ1v) is 16.6. The maximum absolute atomic E-state index is 14.7. The van der Waals surface area contributed by atoms with E-state index in [1.54, 1.807) is 12.3 Å². The highest BCUT2D eigenvalue weighted by atomic mass is 35.5. The first-order valence-electron chi connectivity index (χ1n) is 16.2. The molecule has 0 saturated heterocycles. The number of halogens is 2. The quantitative estimate of drug-likeness (QED) is 0.131. The lowest BCUT2D eigenvalue weighted by Gasteiger charge is -2.22. The lowest BCUT2D eigenvalue weighted by molar-refractivity contribution is 0.261. The first kappa shape index (κ1) is 34.7. The molecule has 0 bridgehead atoms. The Hall–Kier alpha value is -4.66. The van der Waals surface area contributed by atoms with Crippen LogP contribution >= 0.6 is 11.6 Å². The van der Waals surface area contributed by atoms with E-state index in [1.165, 1.54) is 0 Å². The van der Waals surface area contributed by atoms with Gasteiger partial charge in [-0.15, -0.1) is 0 Å². The number of aromatic nitrogens is 2. The highest BCUT2D eigenvalue weighted by molar-refractivity contribution is 6.32. The number of hydrogen-bond donors (Lipinski definition) is 2. The molecule has 0 amide bonds. The molecule has 2 heterocycles. The van der Waals surface area contributed by atoms with E-state index in [1.807, 2.05) is 74.2 Å². The minimum Gasteiger partial charge on any atom is -0.491 e. The molecule has 250 valence electrons. The summed E-state index contributed by atoms with van der Waals surface area (Å²) < 4.78 is 22.3. The van der Waals surface area contributed by atoms with Crippen molar-refractivity contribution in [3.63, 3.8) is 0 Å². The van der Waals surface area contributed by atoms with Crippen LogP contribution in [0.1, 0.15) is 39.2 Å². The molecule has 0 fully saturated rings. The van der Waals surface area contributed by atoms with Crippen LogP contribution in [0.25, 0.3) is 22.3 Å². The fourth-order valence-corrected chi connectivity index (χ4v) is 6.06. The zero-order valence-electron chi connectivity index (χ0n) is 28.4. The Labute approximate surface area is 288 Å². The van der Waals surface area contributed by atoms with Crippen molar-refractivity contribution in [2.45, 2.75) is 33.6 Å². The van der Waals surface area contributed by atoms with E-state index in [0.717, 1.165) is 63.4 Å². The lowest BCUT2D eigenvalue weighted by Crippen LogP contribution is -2.19. The topological polar surface area (TPSA) is 66.2 Å². The summed E-state index contributed by atoms with van der Waals surface area (Å²) in [4.78, 5) is 6.57. The fourth-order valence-electron chi connectivity index (χ4n) is 5.82. The van der Waals surface area contributed by atoms with Crippen molar-refractivity contribution in [2.24, 2.45) is 10.9 Å². The molecular formula is C39H44ClFN6O. The van der Waals surface area contributed by atoms with E-state index in [0.29, 0.717) is 36.2 Å². The maximum Gasteiger partial charge on any atom is 0.138 e. The first-order chi connectivity index (χ1) is 23.1. The van der Waals surface area contributed by atoms with Crippen LogP contribution in [-0.4, -0.2) is 54.5 Å². The zero-order valence-corrected chi connectivity index (χ0v) is 29.1. The van der Waals surface area contributed by atoms with E-state index < -0.39 is 0 Å². The molecule has 1 aliphatic rings. The van der Waals surface area contributed by atoms with Crippen molar-refractivity contribution in [1.82, 2.24) is 14.5 Å². The predicted octanol–water partition coefficient (Wildman–Crippen LogP) is 9.66. The van der Waals surface area contributed by atoms with E-state index in [-0.39, 0.29) is 11.7 Å². The van der Waals surface area contributed by atoms with Crippen molar-refractivity contribution in [1.29, 1.82) is 0 Å². The second-order valence-electron chi connectivity index (χ2n) is 12.4. The van der Waals surface area contributed by atoms with E-state index in [9.17, 15) is 4.39 Å². The third kappa shape index (κ3) is 8.62. The summed E-state index contributed by atoms with van der Waals surface area (Å²) in [6, 6.07) is 19.8. The molecule has 0 radical (unpaired) electrons. The molecule has 0 saturated carbocycles. The van der Waals surface area contributed by atoms with Gasteiger partial charge in [-0.3, -0.25) is 0 Å². The molecule has 2 N–H and O–H groups in total. The van der Waals surface area contributed by atoms with Crippen LogP contribution in [0.2, 0.25) is 5.02 Å². The Morgan fingerprint density at radius 2 is 2.00 bits per heavy atom. The predicted molar refractivity (Wildman–Crippen MR) is 200 cm³/mol. The van der Waals surface area contributed by atoms with Gasteiger partial charge in [0.15, 0.2) is 0 Å². The van der Waals surface area contributed by atoms with Gasteiger partial charge in [-0.05, 0) is 99.6 Å². The number of pyridine rings is 1. The molecule has 0 spiro atoms. The molecule has 9 heteroatoms. The van der Waals surface area contributed by atoms with Crippen LogP contribution in [0.4, 0.5) is 15.8 Å². The van der Waals surface area contributed by atoms with Gasteiger partial charge in [-0.1, -0.05) is 49.4 Å². The highest BCUT2D eigenvalue weighted by Gasteiger charge is 2.20. The summed E-state index contributed by atoms with van der Waals surface area (Å²) in [7, 11) is 3.99. The number of aliphatic imine (C=N–C) groups is 1. The van der Waals surface area contributed by atoms with Crippen molar-refractivity contribution in [2.75, 3.05) is 44.4 Å². The van der Waals surface area contributed by atoms with Gasteiger partial charge in [0.05, 0.1) is 10.5 Å². The number of nitrogens with one attached hydrogen (secondary N) is 2. The SMILES string of the molecule is C=C(/N=C\C=C(/C)c1c(-c2cccc(NCC(C)C3=C(F)CCC=C3C)c2)nn2ccccc12)Nc1ccc(OCCN(C)C)c(Cl)c1. The average Bonchev–Trinajstić information content (AvgIpc) is 3.45. The van der Waals surface area contributed by atoms with Crippen LogP contribution in [0, 0.1) is 5.92 Å². The molecule has 1 unspecified atom stereocenters. The Balaban J connectivity index is 1.30. The molecule has 2 aromatic heterocycles. The van der Waals surface area contributed by atoms with E-state index >= 15 is 0 Å².